The molecular formula is C14H18O3. The Hall–Kier alpha value is -1.51. The van der Waals surface area contributed by atoms with E-state index in [-0.39, 0.29) is 11.4 Å². The highest BCUT2D eigenvalue weighted by Gasteiger charge is 2.52. The SMILES string of the molecule is CCOc1ccc(C2(C(=O)OC)CC2)cc1C. The van der Waals surface area contributed by atoms with E-state index in [1.165, 1.54) is 7.11 Å². The number of hydrogen-bond acceptors (Lipinski definition) is 3. The highest BCUT2D eigenvalue weighted by molar-refractivity contribution is 5.86. The minimum atomic E-state index is -0.385. The van der Waals surface area contributed by atoms with Crippen LogP contribution in [0.25, 0.3) is 0 Å². The quantitative estimate of drug-likeness (QED) is 0.751. The van der Waals surface area contributed by atoms with Gasteiger partial charge in [0.2, 0.25) is 0 Å². The molecule has 0 N–H and O–H groups in total. The van der Waals surface area contributed by atoms with Crippen LogP contribution in [0.5, 0.6) is 5.75 Å². The first-order valence-corrected chi connectivity index (χ1v) is 5.96. The lowest BCUT2D eigenvalue weighted by Gasteiger charge is -2.15. The second kappa shape index (κ2) is 4.40. The molecule has 1 aliphatic carbocycles. The Morgan fingerprint density at radius 3 is 2.59 bits per heavy atom. The maximum Gasteiger partial charge on any atom is 0.316 e. The summed E-state index contributed by atoms with van der Waals surface area (Å²) >= 11 is 0. The Morgan fingerprint density at radius 1 is 1.41 bits per heavy atom. The molecule has 0 unspecified atom stereocenters. The maximum absolute atomic E-state index is 11.8. The van der Waals surface area contributed by atoms with Gasteiger partial charge >= 0.3 is 5.97 Å². The number of esters is 1. The summed E-state index contributed by atoms with van der Waals surface area (Å²) in [5.41, 5.74) is 1.73. The summed E-state index contributed by atoms with van der Waals surface area (Å²) in [7, 11) is 1.45. The Bertz CT molecular complexity index is 433. The third-order valence-corrected chi connectivity index (χ3v) is 3.35. The van der Waals surface area contributed by atoms with Gasteiger partial charge in [0.25, 0.3) is 0 Å². The van der Waals surface area contributed by atoms with Crippen molar-refractivity contribution in [2.24, 2.45) is 0 Å². The molecule has 1 fully saturated rings. The van der Waals surface area contributed by atoms with E-state index >= 15 is 0 Å². The fourth-order valence-corrected chi connectivity index (χ4v) is 2.20. The predicted molar refractivity (Wildman–Crippen MR) is 65.3 cm³/mol. The zero-order chi connectivity index (χ0) is 12.5. The largest absolute Gasteiger partial charge is 0.494 e. The van der Waals surface area contributed by atoms with Crippen molar-refractivity contribution in [3.8, 4) is 5.75 Å². The first-order valence-electron chi connectivity index (χ1n) is 5.96. The Kier molecular flexibility index (Phi) is 3.09. The van der Waals surface area contributed by atoms with E-state index in [4.69, 9.17) is 9.47 Å². The third-order valence-electron chi connectivity index (χ3n) is 3.35. The average molecular weight is 234 g/mol. The molecule has 0 amide bonds. The van der Waals surface area contributed by atoms with Crippen LogP contribution >= 0.6 is 0 Å². The topological polar surface area (TPSA) is 35.5 Å². The zero-order valence-electron chi connectivity index (χ0n) is 10.6. The zero-order valence-corrected chi connectivity index (χ0v) is 10.6. The van der Waals surface area contributed by atoms with E-state index in [0.29, 0.717) is 6.61 Å². The average Bonchev–Trinajstić information content (AvgIpc) is 3.12. The normalized spacial score (nSPS) is 16.4. The molecule has 17 heavy (non-hydrogen) atoms. The Morgan fingerprint density at radius 2 is 2.12 bits per heavy atom. The van der Waals surface area contributed by atoms with Gasteiger partial charge in [0.1, 0.15) is 5.75 Å². The molecule has 1 aromatic rings. The van der Waals surface area contributed by atoms with Gasteiger partial charge in [0.05, 0.1) is 19.1 Å². The number of rotatable bonds is 4. The highest BCUT2D eigenvalue weighted by atomic mass is 16.5. The lowest BCUT2D eigenvalue weighted by atomic mass is 9.94. The number of carbonyl (C=O) groups is 1. The molecule has 1 aliphatic rings. The van der Waals surface area contributed by atoms with Crippen LogP contribution in [0.15, 0.2) is 18.2 Å². The van der Waals surface area contributed by atoms with Crippen molar-refractivity contribution in [3.05, 3.63) is 29.3 Å². The van der Waals surface area contributed by atoms with Gasteiger partial charge in [0.15, 0.2) is 0 Å². The van der Waals surface area contributed by atoms with Gasteiger partial charge in [0, 0.05) is 0 Å². The molecule has 0 aliphatic heterocycles. The number of benzene rings is 1. The van der Waals surface area contributed by atoms with Crippen LogP contribution in [-0.2, 0) is 14.9 Å². The molecule has 0 heterocycles. The molecule has 0 bridgehead atoms. The summed E-state index contributed by atoms with van der Waals surface area (Å²) in [6, 6.07) is 5.95. The van der Waals surface area contributed by atoms with Crippen molar-refractivity contribution in [1.82, 2.24) is 0 Å². The van der Waals surface area contributed by atoms with Crippen molar-refractivity contribution in [2.45, 2.75) is 32.1 Å². The van der Waals surface area contributed by atoms with Crippen LogP contribution in [0, 0.1) is 6.92 Å². The number of aryl methyl sites for hydroxylation is 1. The lowest BCUT2D eigenvalue weighted by Crippen LogP contribution is -2.21. The summed E-state index contributed by atoms with van der Waals surface area (Å²) in [6.07, 6.45) is 1.76. The van der Waals surface area contributed by atoms with E-state index < -0.39 is 0 Å². The molecule has 0 aromatic heterocycles. The number of ether oxygens (including phenoxy) is 2. The number of carbonyl (C=O) groups excluding carboxylic acids is 1. The number of hydrogen-bond donors (Lipinski definition) is 0. The van der Waals surface area contributed by atoms with Gasteiger partial charge in [-0.3, -0.25) is 4.79 Å². The van der Waals surface area contributed by atoms with E-state index in [2.05, 4.69) is 0 Å². The molecule has 1 aromatic carbocycles. The van der Waals surface area contributed by atoms with Crippen molar-refractivity contribution in [3.63, 3.8) is 0 Å². The van der Waals surface area contributed by atoms with E-state index in [1.54, 1.807) is 0 Å². The summed E-state index contributed by atoms with van der Waals surface area (Å²) in [5, 5.41) is 0. The summed E-state index contributed by atoms with van der Waals surface area (Å²) in [6.45, 7) is 4.62. The fourth-order valence-electron chi connectivity index (χ4n) is 2.20. The summed E-state index contributed by atoms with van der Waals surface area (Å²) in [4.78, 5) is 11.8. The van der Waals surface area contributed by atoms with Crippen molar-refractivity contribution < 1.29 is 14.3 Å². The molecular weight excluding hydrogens is 216 g/mol. The second-order valence-electron chi connectivity index (χ2n) is 4.49. The molecule has 0 radical (unpaired) electrons. The molecule has 1 saturated carbocycles. The Balaban J connectivity index is 2.29. The highest BCUT2D eigenvalue weighted by Crippen LogP contribution is 2.49. The standard InChI is InChI=1S/C14H18O3/c1-4-17-12-6-5-11(9-10(12)2)14(7-8-14)13(15)16-3/h5-6,9H,4,7-8H2,1-3H3. The van der Waals surface area contributed by atoms with E-state index in [1.807, 2.05) is 32.0 Å². The van der Waals surface area contributed by atoms with Crippen molar-refractivity contribution in [2.75, 3.05) is 13.7 Å². The first kappa shape index (κ1) is 12.0. The maximum atomic E-state index is 11.8. The van der Waals surface area contributed by atoms with Gasteiger partial charge < -0.3 is 9.47 Å². The molecule has 3 heteroatoms. The first-order chi connectivity index (χ1) is 8.14. The van der Waals surface area contributed by atoms with E-state index in [9.17, 15) is 4.79 Å². The van der Waals surface area contributed by atoms with Gasteiger partial charge in [-0.15, -0.1) is 0 Å². The smallest absolute Gasteiger partial charge is 0.316 e. The van der Waals surface area contributed by atoms with Gasteiger partial charge in [-0.25, -0.2) is 0 Å². The molecule has 0 saturated heterocycles. The van der Waals surface area contributed by atoms with Crippen LogP contribution in [0.1, 0.15) is 30.9 Å². The minimum absolute atomic E-state index is 0.124. The third kappa shape index (κ3) is 2.02. The van der Waals surface area contributed by atoms with Crippen molar-refractivity contribution >= 4 is 5.97 Å². The Labute approximate surface area is 102 Å². The van der Waals surface area contributed by atoms with Crippen LogP contribution < -0.4 is 4.74 Å². The molecule has 0 atom stereocenters. The molecule has 3 nitrogen and oxygen atoms in total. The summed E-state index contributed by atoms with van der Waals surface area (Å²) in [5.74, 6) is 0.762. The summed E-state index contributed by atoms with van der Waals surface area (Å²) < 4.78 is 10.4. The van der Waals surface area contributed by atoms with Crippen LogP contribution in [0.2, 0.25) is 0 Å². The van der Waals surface area contributed by atoms with E-state index in [0.717, 1.165) is 29.7 Å². The molecule has 2 rings (SSSR count). The predicted octanol–water partition coefficient (Wildman–Crippen LogP) is 2.60. The second-order valence-corrected chi connectivity index (χ2v) is 4.49. The lowest BCUT2D eigenvalue weighted by molar-refractivity contribution is -0.143. The monoisotopic (exact) mass is 234 g/mol. The van der Waals surface area contributed by atoms with Crippen LogP contribution in [0.3, 0.4) is 0 Å². The van der Waals surface area contributed by atoms with Gasteiger partial charge in [-0.2, -0.15) is 0 Å². The van der Waals surface area contributed by atoms with Crippen molar-refractivity contribution in [1.29, 1.82) is 0 Å². The number of methoxy groups -OCH3 is 1. The fraction of sp³-hybridized carbons (Fsp3) is 0.500. The molecule has 0 spiro atoms. The molecule has 92 valence electrons. The van der Waals surface area contributed by atoms with Gasteiger partial charge in [-0.1, -0.05) is 12.1 Å². The van der Waals surface area contributed by atoms with Crippen LogP contribution in [-0.4, -0.2) is 19.7 Å². The van der Waals surface area contributed by atoms with Crippen LogP contribution in [0.4, 0.5) is 0 Å². The van der Waals surface area contributed by atoms with Gasteiger partial charge in [-0.05, 0) is 43.9 Å². The minimum Gasteiger partial charge on any atom is -0.494 e.